The summed E-state index contributed by atoms with van der Waals surface area (Å²) in [4.78, 5) is 21.6. The topological polar surface area (TPSA) is 76.5 Å². The normalized spacial score (nSPS) is 17.3. The second kappa shape index (κ2) is 5.33. The molecule has 1 fully saturated rings. The third-order valence-electron chi connectivity index (χ3n) is 4.38. The van der Waals surface area contributed by atoms with Gasteiger partial charge in [0.2, 0.25) is 0 Å². The Balaban J connectivity index is 1.83. The lowest BCUT2D eigenvalue weighted by molar-refractivity contribution is -0.0561. The van der Waals surface area contributed by atoms with Gasteiger partial charge in [-0.2, -0.15) is 0 Å². The van der Waals surface area contributed by atoms with Crippen LogP contribution < -0.4 is 5.73 Å². The summed E-state index contributed by atoms with van der Waals surface area (Å²) in [5, 5.41) is 0. The highest BCUT2D eigenvalue weighted by molar-refractivity contribution is 5.98. The molecule has 0 bridgehead atoms. The molecular weight excluding hydrogens is 335 g/mol. The number of amides is 1. The maximum atomic E-state index is 14.4. The molecule has 0 unspecified atom stereocenters. The van der Waals surface area contributed by atoms with Crippen LogP contribution in [0.2, 0.25) is 0 Å². The smallest absolute Gasteiger partial charge is 0.265 e. The van der Waals surface area contributed by atoms with Gasteiger partial charge in [-0.1, -0.05) is 0 Å². The molecule has 1 saturated heterocycles. The van der Waals surface area contributed by atoms with E-state index in [0.29, 0.717) is 11.0 Å². The summed E-state index contributed by atoms with van der Waals surface area (Å²) in [6.45, 7) is -0.532. The zero-order valence-corrected chi connectivity index (χ0v) is 13.0. The average molecular weight is 349 g/mol. The maximum absolute atomic E-state index is 14.4. The van der Waals surface area contributed by atoms with E-state index in [1.54, 1.807) is 4.40 Å². The zero-order valence-electron chi connectivity index (χ0n) is 13.0. The Morgan fingerprint density at radius 2 is 2.08 bits per heavy atom. The number of halogens is 3. The molecule has 25 heavy (non-hydrogen) atoms. The Labute approximate surface area is 140 Å². The van der Waals surface area contributed by atoms with E-state index in [0.717, 1.165) is 11.0 Å². The molecule has 2 aromatic heterocycles. The van der Waals surface area contributed by atoms with Crippen LogP contribution in [0.4, 0.5) is 19.0 Å². The minimum absolute atomic E-state index is 0.173. The molecule has 0 radical (unpaired) electrons. The number of hydrogen-bond donors (Lipinski definition) is 1. The van der Waals surface area contributed by atoms with Gasteiger partial charge in [-0.05, 0) is 12.5 Å². The Bertz CT molecular complexity index is 1000. The van der Waals surface area contributed by atoms with Crippen molar-refractivity contribution in [1.82, 2.24) is 19.3 Å². The van der Waals surface area contributed by atoms with E-state index in [1.807, 2.05) is 0 Å². The van der Waals surface area contributed by atoms with E-state index in [1.165, 1.54) is 18.6 Å². The van der Waals surface area contributed by atoms with Crippen molar-refractivity contribution in [2.75, 3.05) is 18.8 Å². The Kier molecular flexibility index (Phi) is 3.34. The molecule has 0 spiro atoms. The number of carbonyl (C=O) groups is 1. The summed E-state index contributed by atoms with van der Waals surface area (Å²) in [7, 11) is 0. The Morgan fingerprint density at radius 1 is 1.28 bits per heavy atom. The average Bonchev–Trinajstić information content (AvgIpc) is 3.03. The first-order valence-electron chi connectivity index (χ1n) is 7.74. The number of alkyl halides is 2. The van der Waals surface area contributed by atoms with Gasteiger partial charge in [0.05, 0.1) is 35.7 Å². The van der Waals surface area contributed by atoms with Gasteiger partial charge in [-0.25, -0.2) is 23.1 Å². The largest absolute Gasteiger partial charge is 0.382 e. The number of piperidine rings is 1. The SMILES string of the molecule is Nc1nc2cc(F)c(C(=O)N3CCCC(F)(F)C3)cc2n2cncc12. The molecule has 1 aliphatic rings. The number of nitrogen functional groups attached to an aromatic ring is 1. The highest BCUT2D eigenvalue weighted by Gasteiger charge is 2.37. The van der Waals surface area contributed by atoms with Crippen molar-refractivity contribution in [3.8, 4) is 0 Å². The van der Waals surface area contributed by atoms with E-state index >= 15 is 0 Å². The van der Waals surface area contributed by atoms with E-state index < -0.39 is 24.2 Å². The fourth-order valence-electron chi connectivity index (χ4n) is 3.17. The standard InChI is InChI=1S/C16H14F3N5O/c17-10-5-11-12(24-8-21-6-13(24)14(20)22-11)4-9(10)15(25)23-3-1-2-16(18,19)7-23/h4-6,8H,1-3,7H2,(H2,20,22). The lowest BCUT2D eigenvalue weighted by atomic mass is 10.1. The monoisotopic (exact) mass is 349 g/mol. The number of imidazole rings is 1. The summed E-state index contributed by atoms with van der Waals surface area (Å²) < 4.78 is 43.2. The van der Waals surface area contributed by atoms with Crippen LogP contribution in [0.5, 0.6) is 0 Å². The van der Waals surface area contributed by atoms with Crippen LogP contribution in [-0.2, 0) is 0 Å². The molecule has 0 atom stereocenters. The number of likely N-dealkylation sites (tertiary alicyclic amines) is 1. The third-order valence-corrected chi connectivity index (χ3v) is 4.38. The van der Waals surface area contributed by atoms with Crippen molar-refractivity contribution >= 4 is 28.3 Å². The first-order chi connectivity index (χ1) is 11.9. The highest BCUT2D eigenvalue weighted by Crippen LogP contribution is 2.29. The molecular formula is C16H14F3N5O. The lowest BCUT2D eigenvalue weighted by Gasteiger charge is -2.32. The third kappa shape index (κ3) is 2.55. The van der Waals surface area contributed by atoms with Crippen LogP contribution >= 0.6 is 0 Å². The number of fused-ring (bicyclic) bond motifs is 3. The lowest BCUT2D eigenvalue weighted by Crippen LogP contribution is -2.45. The number of carbonyl (C=O) groups excluding carboxylic acids is 1. The molecule has 2 N–H and O–H groups in total. The number of benzene rings is 1. The van der Waals surface area contributed by atoms with Gasteiger partial charge in [-0.15, -0.1) is 0 Å². The molecule has 3 aromatic rings. The summed E-state index contributed by atoms with van der Waals surface area (Å²) in [5.74, 6) is -4.35. The summed E-state index contributed by atoms with van der Waals surface area (Å²) in [5.41, 5.74) is 6.73. The number of nitrogens with two attached hydrogens (primary N) is 1. The molecule has 130 valence electrons. The van der Waals surface area contributed by atoms with E-state index in [2.05, 4.69) is 9.97 Å². The molecule has 0 aliphatic carbocycles. The van der Waals surface area contributed by atoms with Gasteiger partial charge < -0.3 is 10.6 Å². The summed E-state index contributed by atoms with van der Waals surface area (Å²) in [6.07, 6.45) is 2.88. The predicted molar refractivity (Wildman–Crippen MR) is 84.9 cm³/mol. The number of hydrogen-bond acceptors (Lipinski definition) is 4. The van der Waals surface area contributed by atoms with Crippen LogP contribution in [-0.4, -0.2) is 44.2 Å². The van der Waals surface area contributed by atoms with Crippen LogP contribution in [0.1, 0.15) is 23.2 Å². The van der Waals surface area contributed by atoms with E-state index in [4.69, 9.17) is 5.73 Å². The Morgan fingerprint density at radius 3 is 2.84 bits per heavy atom. The van der Waals surface area contributed by atoms with Crippen molar-refractivity contribution in [3.63, 3.8) is 0 Å². The van der Waals surface area contributed by atoms with E-state index in [9.17, 15) is 18.0 Å². The fraction of sp³-hybridized carbons (Fsp3) is 0.312. The van der Waals surface area contributed by atoms with Gasteiger partial charge >= 0.3 is 0 Å². The van der Waals surface area contributed by atoms with Crippen LogP contribution in [0.25, 0.3) is 16.6 Å². The second-order valence-electron chi connectivity index (χ2n) is 6.15. The molecule has 1 aromatic carbocycles. The first kappa shape index (κ1) is 15.7. The number of aromatic nitrogens is 3. The molecule has 3 heterocycles. The minimum Gasteiger partial charge on any atom is -0.382 e. The fourth-order valence-corrected chi connectivity index (χ4v) is 3.17. The predicted octanol–water partition coefficient (Wildman–Crippen LogP) is 2.48. The second-order valence-corrected chi connectivity index (χ2v) is 6.15. The molecule has 1 aliphatic heterocycles. The van der Waals surface area contributed by atoms with Gasteiger partial charge in [0.15, 0.2) is 0 Å². The van der Waals surface area contributed by atoms with Crippen molar-refractivity contribution < 1.29 is 18.0 Å². The quantitative estimate of drug-likeness (QED) is 0.732. The van der Waals surface area contributed by atoms with Gasteiger partial charge in [-0.3, -0.25) is 9.20 Å². The van der Waals surface area contributed by atoms with Gasteiger partial charge in [0, 0.05) is 19.0 Å². The number of nitrogens with zero attached hydrogens (tertiary/aromatic N) is 4. The zero-order chi connectivity index (χ0) is 17.8. The molecule has 0 saturated carbocycles. The summed E-state index contributed by atoms with van der Waals surface area (Å²) in [6, 6.07) is 2.39. The van der Waals surface area contributed by atoms with Crippen molar-refractivity contribution in [3.05, 3.63) is 36.0 Å². The van der Waals surface area contributed by atoms with Crippen molar-refractivity contribution in [2.45, 2.75) is 18.8 Å². The molecule has 9 heteroatoms. The highest BCUT2D eigenvalue weighted by atomic mass is 19.3. The maximum Gasteiger partial charge on any atom is 0.265 e. The first-order valence-corrected chi connectivity index (χ1v) is 7.74. The van der Waals surface area contributed by atoms with E-state index in [-0.39, 0.29) is 36.3 Å². The van der Waals surface area contributed by atoms with Gasteiger partial charge in [0.25, 0.3) is 11.8 Å². The van der Waals surface area contributed by atoms with Crippen LogP contribution in [0.15, 0.2) is 24.7 Å². The number of rotatable bonds is 1. The van der Waals surface area contributed by atoms with Crippen LogP contribution in [0, 0.1) is 5.82 Å². The van der Waals surface area contributed by atoms with Crippen molar-refractivity contribution in [1.29, 1.82) is 0 Å². The number of anilines is 1. The molecule has 4 rings (SSSR count). The minimum atomic E-state index is -2.95. The Hall–Kier alpha value is -2.84. The molecule has 1 amide bonds. The molecule has 6 nitrogen and oxygen atoms in total. The van der Waals surface area contributed by atoms with Crippen molar-refractivity contribution in [2.24, 2.45) is 0 Å². The summed E-state index contributed by atoms with van der Waals surface area (Å²) >= 11 is 0. The van der Waals surface area contributed by atoms with Gasteiger partial charge in [0.1, 0.15) is 17.2 Å². The van der Waals surface area contributed by atoms with Crippen LogP contribution in [0.3, 0.4) is 0 Å².